The Hall–Kier alpha value is -1.14. The fraction of sp³-hybridized carbons (Fsp3) is 0.600. The number of nitrogens with two attached hydrogens (primary N) is 1. The SMILES string of the molecule is CCCN=C(NN)N(C)Cc1csc(C)n1. The van der Waals surface area contributed by atoms with Gasteiger partial charge in [0.05, 0.1) is 17.2 Å². The van der Waals surface area contributed by atoms with Crippen molar-refractivity contribution in [2.75, 3.05) is 13.6 Å². The van der Waals surface area contributed by atoms with Gasteiger partial charge in [-0.25, -0.2) is 10.8 Å². The summed E-state index contributed by atoms with van der Waals surface area (Å²) in [6.45, 7) is 5.58. The highest BCUT2D eigenvalue weighted by molar-refractivity contribution is 7.09. The van der Waals surface area contributed by atoms with Gasteiger partial charge in [-0.1, -0.05) is 6.92 Å². The zero-order valence-corrected chi connectivity index (χ0v) is 10.8. The highest BCUT2D eigenvalue weighted by Crippen LogP contribution is 2.09. The maximum atomic E-state index is 5.43. The van der Waals surface area contributed by atoms with Crippen molar-refractivity contribution < 1.29 is 0 Å². The van der Waals surface area contributed by atoms with E-state index in [1.54, 1.807) is 11.3 Å². The highest BCUT2D eigenvalue weighted by atomic mass is 32.1. The van der Waals surface area contributed by atoms with Crippen LogP contribution in [0.4, 0.5) is 0 Å². The fourth-order valence-corrected chi connectivity index (χ4v) is 1.90. The van der Waals surface area contributed by atoms with Crippen molar-refractivity contribution in [2.45, 2.75) is 26.8 Å². The van der Waals surface area contributed by atoms with Crippen LogP contribution in [-0.4, -0.2) is 29.4 Å². The third kappa shape index (κ3) is 3.79. The summed E-state index contributed by atoms with van der Waals surface area (Å²) < 4.78 is 0. The summed E-state index contributed by atoms with van der Waals surface area (Å²) in [7, 11) is 1.95. The van der Waals surface area contributed by atoms with Crippen LogP contribution < -0.4 is 11.3 Å². The molecule has 0 bridgehead atoms. The van der Waals surface area contributed by atoms with E-state index >= 15 is 0 Å². The molecule has 16 heavy (non-hydrogen) atoms. The van der Waals surface area contributed by atoms with Crippen LogP contribution in [-0.2, 0) is 6.54 Å². The van der Waals surface area contributed by atoms with Crippen molar-refractivity contribution in [1.29, 1.82) is 0 Å². The van der Waals surface area contributed by atoms with Crippen molar-refractivity contribution >= 4 is 17.3 Å². The van der Waals surface area contributed by atoms with E-state index < -0.39 is 0 Å². The molecule has 0 fully saturated rings. The molecular formula is C10H19N5S. The third-order valence-electron chi connectivity index (χ3n) is 2.04. The first kappa shape index (κ1) is 12.9. The van der Waals surface area contributed by atoms with Gasteiger partial charge in [0.1, 0.15) is 0 Å². The second-order valence-electron chi connectivity index (χ2n) is 3.56. The van der Waals surface area contributed by atoms with Gasteiger partial charge >= 0.3 is 0 Å². The lowest BCUT2D eigenvalue weighted by molar-refractivity contribution is 0.471. The average Bonchev–Trinajstić information content (AvgIpc) is 2.65. The summed E-state index contributed by atoms with van der Waals surface area (Å²) >= 11 is 1.65. The second-order valence-corrected chi connectivity index (χ2v) is 4.63. The molecule has 0 aliphatic rings. The number of aliphatic imine (C=N–C) groups is 1. The van der Waals surface area contributed by atoms with Gasteiger partial charge in [0.25, 0.3) is 0 Å². The number of hydrogen-bond acceptors (Lipinski definition) is 4. The predicted molar refractivity (Wildman–Crippen MR) is 68.2 cm³/mol. The third-order valence-corrected chi connectivity index (χ3v) is 2.86. The zero-order chi connectivity index (χ0) is 12.0. The van der Waals surface area contributed by atoms with Crippen molar-refractivity contribution in [3.8, 4) is 0 Å². The Morgan fingerprint density at radius 2 is 2.44 bits per heavy atom. The molecule has 0 saturated carbocycles. The van der Waals surface area contributed by atoms with E-state index in [1.165, 1.54) is 0 Å². The quantitative estimate of drug-likeness (QED) is 0.359. The summed E-state index contributed by atoms with van der Waals surface area (Å²) in [5.74, 6) is 6.13. The Balaban J connectivity index is 2.58. The Kier molecular flexibility index (Phi) is 5.21. The van der Waals surface area contributed by atoms with Crippen LogP contribution in [0.2, 0.25) is 0 Å². The number of nitrogens with zero attached hydrogens (tertiary/aromatic N) is 3. The van der Waals surface area contributed by atoms with E-state index in [0.717, 1.165) is 30.2 Å². The van der Waals surface area contributed by atoms with E-state index in [9.17, 15) is 0 Å². The lowest BCUT2D eigenvalue weighted by Crippen LogP contribution is -2.42. The molecule has 0 saturated heterocycles. The van der Waals surface area contributed by atoms with Crippen molar-refractivity contribution in [2.24, 2.45) is 10.8 Å². The number of aryl methyl sites for hydroxylation is 1. The van der Waals surface area contributed by atoms with Gasteiger partial charge in [-0.3, -0.25) is 10.4 Å². The Bertz CT molecular complexity index is 347. The molecule has 0 amide bonds. The number of hydrogen-bond donors (Lipinski definition) is 2. The number of nitrogens with one attached hydrogen (secondary N) is 1. The molecule has 1 heterocycles. The maximum absolute atomic E-state index is 5.43. The van der Waals surface area contributed by atoms with E-state index in [4.69, 9.17) is 5.84 Å². The van der Waals surface area contributed by atoms with Crippen LogP contribution in [0.25, 0.3) is 0 Å². The first-order valence-corrected chi connectivity index (χ1v) is 6.18. The second kappa shape index (κ2) is 6.44. The average molecular weight is 241 g/mol. The standard InChI is InChI=1S/C10H19N5S/c1-4-5-12-10(14-11)15(3)6-9-7-16-8(2)13-9/h7H,4-6,11H2,1-3H3,(H,12,14). The first-order chi connectivity index (χ1) is 7.67. The minimum absolute atomic E-state index is 0.701. The van der Waals surface area contributed by atoms with E-state index in [1.807, 2.05) is 18.9 Å². The number of guanidine groups is 1. The molecule has 0 aliphatic heterocycles. The number of aromatic nitrogens is 1. The van der Waals surface area contributed by atoms with Gasteiger partial charge in [0, 0.05) is 19.0 Å². The fourth-order valence-electron chi connectivity index (χ4n) is 1.29. The van der Waals surface area contributed by atoms with Gasteiger partial charge in [0.15, 0.2) is 0 Å². The van der Waals surface area contributed by atoms with Crippen molar-refractivity contribution in [3.63, 3.8) is 0 Å². The molecule has 6 heteroatoms. The molecule has 1 rings (SSSR count). The summed E-state index contributed by atoms with van der Waals surface area (Å²) in [5.41, 5.74) is 3.66. The van der Waals surface area contributed by atoms with Gasteiger partial charge in [-0.2, -0.15) is 0 Å². The lowest BCUT2D eigenvalue weighted by Gasteiger charge is -2.19. The topological polar surface area (TPSA) is 66.5 Å². The molecule has 0 aromatic carbocycles. The molecule has 5 nitrogen and oxygen atoms in total. The van der Waals surface area contributed by atoms with E-state index in [2.05, 4.69) is 27.7 Å². The molecular weight excluding hydrogens is 222 g/mol. The summed E-state index contributed by atoms with van der Waals surface area (Å²) in [5, 5.41) is 3.14. The first-order valence-electron chi connectivity index (χ1n) is 5.30. The van der Waals surface area contributed by atoms with Gasteiger partial charge < -0.3 is 4.90 Å². The Morgan fingerprint density at radius 1 is 1.69 bits per heavy atom. The number of thiazole rings is 1. The minimum Gasteiger partial charge on any atom is -0.339 e. The van der Waals surface area contributed by atoms with E-state index in [0.29, 0.717) is 5.96 Å². The molecule has 0 aliphatic carbocycles. The normalized spacial score (nSPS) is 11.6. The maximum Gasteiger partial charge on any atom is 0.208 e. The molecule has 0 atom stereocenters. The Morgan fingerprint density at radius 3 is 2.94 bits per heavy atom. The van der Waals surface area contributed by atoms with Crippen LogP contribution in [0.3, 0.4) is 0 Å². The Labute approximate surface area is 100 Å². The van der Waals surface area contributed by atoms with Crippen LogP contribution in [0.15, 0.2) is 10.4 Å². The van der Waals surface area contributed by atoms with Crippen LogP contribution in [0.1, 0.15) is 24.0 Å². The number of hydrazine groups is 1. The molecule has 0 spiro atoms. The van der Waals surface area contributed by atoms with E-state index in [-0.39, 0.29) is 0 Å². The molecule has 1 aromatic heterocycles. The monoisotopic (exact) mass is 241 g/mol. The van der Waals surface area contributed by atoms with Gasteiger partial charge in [0.2, 0.25) is 5.96 Å². The largest absolute Gasteiger partial charge is 0.339 e. The van der Waals surface area contributed by atoms with Crippen molar-refractivity contribution in [1.82, 2.24) is 15.3 Å². The lowest BCUT2D eigenvalue weighted by atomic mass is 10.4. The molecule has 90 valence electrons. The summed E-state index contributed by atoms with van der Waals surface area (Å²) in [6.07, 6.45) is 1.01. The highest BCUT2D eigenvalue weighted by Gasteiger charge is 2.07. The minimum atomic E-state index is 0.701. The predicted octanol–water partition coefficient (Wildman–Crippen LogP) is 1.11. The van der Waals surface area contributed by atoms with Crippen LogP contribution >= 0.6 is 11.3 Å². The van der Waals surface area contributed by atoms with Crippen molar-refractivity contribution in [3.05, 3.63) is 16.1 Å². The van der Waals surface area contributed by atoms with Crippen LogP contribution in [0, 0.1) is 6.92 Å². The molecule has 0 radical (unpaired) electrons. The van der Waals surface area contributed by atoms with Crippen LogP contribution in [0.5, 0.6) is 0 Å². The summed E-state index contributed by atoms with van der Waals surface area (Å²) in [4.78, 5) is 10.7. The zero-order valence-electron chi connectivity index (χ0n) is 10.0. The molecule has 0 unspecified atom stereocenters. The van der Waals surface area contributed by atoms with Gasteiger partial charge in [-0.05, 0) is 13.3 Å². The smallest absolute Gasteiger partial charge is 0.208 e. The molecule has 3 N–H and O–H groups in total. The van der Waals surface area contributed by atoms with Gasteiger partial charge in [-0.15, -0.1) is 11.3 Å². The number of rotatable bonds is 4. The summed E-state index contributed by atoms with van der Waals surface area (Å²) in [6, 6.07) is 0. The molecule has 1 aromatic rings.